The molecule has 6 nitrogen and oxygen atoms in total. The molecule has 22 heavy (non-hydrogen) atoms. The monoisotopic (exact) mass is 290 g/mol. The fourth-order valence-corrected chi connectivity index (χ4v) is 2.46. The predicted molar refractivity (Wildman–Crippen MR) is 84.6 cm³/mol. The second kappa shape index (κ2) is 5.07. The van der Waals surface area contributed by atoms with E-state index >= 15 is 0 Å². The highest BCUT2D eigenvalue weighted by atomic mass is 15.3. The topological polar surface area (TPSA) is 68.0 Å². The first-order valence-corrected chi connectivity index (χ1v) is 7.05. The Balaban J connectivity index is 1.79. The van der Waals surface area contributed by atoms with E-state index in [0.717, 1.165) is 16.7 Å². The molecule has 0 fully saturated rings. The van der Waals surface area contributed by atoms with Crippen LogP contribution >= 0.6 is 0 Å². The van der Waals surface area contributed by atoms with E-state index in [0.29, 0.717) is 18.0 Å². The number of fused-ring (bicyclic) bond motifs is 3. The zero-order valence-electron chi connectivity index (χ0n) is 12.1. The minimum absolute atomic E-state index is 0.591. The summed E-state index contributed by atoms with van der Waals surface area (Å²) in [5, 5.41) is 11.5. The molecular formula is C16H14N6. The van der Waals surface area contributed by atoms with Crippen molar-refractivity contribution in [2.75, 3.05) is 5.32 Å². The van der Waals surface area contributed by atoms with E-state index in [9.17, 15) is 0 Å². The standard InChI is InChI=1S/C16H14N6/c1-11-5-6-13-14(8-11)22-10-19-21-16(22)15(20-13)18-9-12-4-2-3-7-17-12/h2-8,10H,9H2,1H3,(H,18,20). The molecule has 0 saturated carbocycles. The Kier molecular flexibility index (Phi) is 2.93. The van der Waals surface area contributed by atoms with Gasteiger partial charge in [0.15, 0.2) is 5.82 Å². The summed E-state index contributed by atoms with van der Waals surface area (Å²) in [5.74, 6) is 0.708. The lowest BCUT2D eigenvalue weighted by atomic mass is 10.2. The Morgan fingerprint density at radius 3 is 3.00 bits per heavy atom. The number of aryl methyl sites for hydroxylation is 1. The molecule has 0 spiro atoms. The number of nitrogens with one attached hydrogen (secondary N) is 1. The number of hydrogen-bond donors (Lipinski definition) is 1. The summed E-state index contributed by atoms with van der Waals surface area (Å²) < 4.78 is 1.95. The maximum absolute atomic E-state index is 4.67. The average molecular weight is 290 g/mol. The van der Waals surface area contributed by atoms with Gasteiger partial charge in [0.2, 0.25) is 5.65 Å². The Hall–Kier alpha value is -3.02. The highest BCUT2D eigenvalue weighted by molar-refractivity contribution is 5.83. The van der Waals surface area contributed by atoms with Gasteiger partial charge in [-0.2, -0.15) is 0 Å². The number of rotatable bonds is 3. The van der Waals surface area contributed by atoms with Crippen molar-refractivity contribution < 1.29 is 0 Å². The normalized spacial score (nSPS) is 11.1. The fraction of sp³-hybridized carbons (Fsp3) is 0.125. The second-order valence-electron chi connectivity index (χ2n) is 5.15. The molecule has 4 aromatic rings. The minimum atomic E-state index is 0.591. The lowest BCUT2D eigenvalue weighted by Crippen LogP contribution is -2.06. The molecule has 0 saturated heterocycles. The zero-order valence-corrected chi connectivity index (χ0v) is 12.1. The van der Waals surface area contributed by atoms with Crippen LogP contribution in [0.25, 0.3) is 16.7 Å². The van der Waals surface area contributed by atoms with Crippen molar-refractivity contribution in [3.05, 3.63) is 60.2 Å². The molecule has 0 unspecified atom stereocenters. The third-order valence-corrected chi connectivity index (χ3v) is 3.55. The van der Waals surface area contributed by atoms with Crippen molar-refractivity contribution in [2.45, 2.75) is 13.5 Å². The zero-order chi connectivity index (χ0) is 14.9. The molecule has 108 valence electrons. The van der Waals surface area contributed by atoms with Crippen molar-refractivity contribution in [1.82, 2.24) is 24.6 Å². The molecule has 0 aliphatic rings. The van der Waals surface area contributed by atoms with Crippen LogP contribution in [0, 0.1) is 6.92 Å². The maximum Gasteiger partial charge on any atom is 0.203 e. The van der Waals surface area contributed by atoms with Gasteiger partial charge in [-0.05, 0) is 36.8 Å². The number of benzene rings is 1. The van der Waals surface area contributed by atoms with Gasteiger partial charge in [0, 0.05) is 6.20 Å². The molecule has 3 aromatic heterocycles. The maximum atomic E-state index is 4.67. The highest BCUT2D eigenvalue weighted by Crippen LogP contribution is 2.21. The molecule has 0 amide bonds. The number of hydrogen-bond acceptors (Lipinski definition) is 5. The number of pyridine rings is 1. The molecule has 4 rings (SSSR count). The van der Waals surface area contributed by atoms with Gasteiger partial charge in [-0.25, -0.2) is 4.98 Å². The fourth-order valence-electron chi connectivity index (χ4n) is 2.46. The van der Waals surface area contributed by atoms with E-state index in [1.807, 2.05) is 34.7 Å². The molecule has 1 aromatic carbocycles. The summed E-state index contributed by atoms with van der Waals surface area (Å²) in [5.41, 5.74) is 4.75. The van der Waals surface area contributed by atoms with Gasteiger partial charge in [0.25, 0.3) is 0 Å². The van der Waals surface area contributed by atoms with E-state index in [-0.39, 0.29) is 0 Å². The van der Waals surface area contributed by atoms with Crippen LogP contribution in [-0.2, 0) is 6.54 Å². The van der Waals surface area contributed by atoms with E-state index in [2.05, 4.69) is 38.5 Å². The van der Waals surface area contributed by atoms with Gasteiger partial charge in [-0.3, -0.25) is 9.38 Å². The van der Waals surface area contributed by atoms with Crippen LogP contribution in [0.5, 0.6) is 0 Å². The Morgan fingerprint density at radius 1 is 1.18 bits per heavy atom. The molecule has 1 N–H and O–H groups in total. The van der Waals surface area contributed by atoms with Crippen LogP contribution < -0.4 is 5.32 Å². The quantitative estimate of drug-likeness (QED) is 0.628. The van der Waals surface area contributed by atoms with Gasteiger partial charge in [-0.1, -0.05) is 12.1 Å². The lowest BCUT2D eigenvalue weighted by Gasteiger charge is -2.09. The number of anilines is 1. The number of aromatic nitrogens is 5. The second-order valence-corrected chi connectivity index (χ2v) is 5.15. The lowest BCUT2D eigenvalue weighted by molar-refractivity contribution is 1.03. The molecular weight excluding hydrogens is 276 g/mol. The first-order chi connectivity index (χ1) is 10.8. The largest absolute Gasteiger partial charge is 0.361 e. The minimum Gasteiger partial charge on any atom is -0.361 e. The van der Waals surface area contributed by atoms with Crippen LogP contribution in [0.4, 0.5) is 5.82 Å². The molecule has 0 atom stereocenters. The first-order valence-electron chi connectivity index (χ1n) is 7.05. The van der Waals surface area contributed by atoms with Crippen molar-refractivity contribution in [2.24, 2.45) is 0 Å². The third-order valence-electron chi connectivity index (χ3n) is 3.55. The number of nitrogens with zero attached hydrogens (tertiary/aromatic N) is 5. The van der Waals surface area contributed by atoms with E-state index in [4.69, 9.17) is 0 Å². The van der Waals surface area contributed by atoms with Crippen LogP contribution in [0.15, 0.2) is 48.9 Å². The summed E-state index contributed by atoms with van der Waals surface area (Å²) in [6.07, 6.45) is 3.49. The smallest absolute Gasteiger partial charge is 0.203 e. The summed E-state index contributed by atoms with van der Waals surface area (Å²) in [7, 11) is 0. The van der Waals surface area contributed by atoms with E-state index in [1.54, 1.807) is 12.5 Å². The Labute approximate surface area is 126 Å². The summed E-state index contributed by atoms with van der Waals surface area (Å²) in [6, 6.07) is 12.0. The highest BCUT2D eigenvalue weighted by Gasteiger charge is 2.10. The van der Waals surface area contributed by atoms with Crippen molar-refractivity contribution in [3.8, 4) is 0 Å². The van der Waals surface area contributed by atoms with Gasteiger partial charge in [-0.15, -0.1) is 10.2 Å². The molecule has 0 aliphatic carbocycles. The van der Waals surface area contributed by atoms with Crippen LogP contribution in [0.3, 0.4) is 0 Å². The van der Waals surface area contributed by atoms with Crippen LogP contribution in [-0.4, -0.2) is 24.6 Å². The Morgan fingerprint density at radius 2 is 2.14 bits per heavy atom. The van der Waals surface area contributed by atoms with Gasteiger partial charge >= 0.3 is 0 Å². The van der Waals surface area contributed by atoms with E-state index < -0.39 is 0 Å². The van der Waals surface area contributed by atoms with Gasteiger partial charge in [0.1, 0.15) is 6.33 Å². The molecule has 3 heterocycles. The third kappa shape index (κ3) is 2.14. The molecule has 0 aliphatic heterocycles. The first kappa shape index (κ1) is 12.7. The SMILES string of the molecule is Cc1ccc2nc(NCc3ccccn3)c3nncn3c2c1. The predicted octanol–water partition coefficient (Wildman–Crippen LogP) is 2.59. The molecule has 0 bridgehead atoms. The summed E-state index contributed by atoms with van der Waals surface area (Å²) in [6.45, 7) is 2.65. The van der Waals surface area contributed by atoms with E-state index in [1.165, 1.54) is 5.56 Å². The Bertz CT molecular complexity index is 945. The van der Waals surface area contributed by atoms with Crippen LogP contribution in [0.2, 0.25) is 0 Å². The van der Waals surface area contributed by atoms with Crippen molar-refractivity contribution in [3.63, 3.8) is 0 Å². The summed E-state index contributed by atoms with van der Waals surface area (Å²) in [4.78, 5) is 8.97. The molecule has 0 radical (unpaired) electrons. The average Bonchev–Trinajstić information content (AvgIpc) is 3.04. The van der Waals surface area contributed by atoms with Gasteiger partial charge < -0.3 is 5.32 Å². The van der Waals surface area contributed by atoms with Crippen molar-refractivity contribution in [1.29, 1.82) is 0 Å². The van der Waals surface area contributed by atoms with Gasteiger partial charge in [0.05, 0.1) is 23.3 Å². The van der Waals surface area contributed by atoms with Crippen LogP contribution in [0.1, 0.15) is 11.3 Å². The molecule has 6 heteroatoms. The van der Waals surface area contributed by atoms with Crippen molar-refractivity contribution >= 4 is 22.5 Å². The summed E-state index contributed by atoms with van der Waals surface area (Å²) >= 11 is 0.